The zero-order valence-electron chi connectivity index (χ0n) is 25.2. The first kappa shape index (κ1) is 31.3. The van der Waals surface area contributed by atoms with Crippen LogP contribution in [0.4, 0.5) is 4.39 Å². The van der Waals surface area contributed by atoms with Gasteiger partial charge in [-0.05, 0) is 90.3 Å². The highest BCUT2D eigenvalue weighted by Gasteiger charge is 2.26. The molecule has 0 aliphatic heterocycles. The fourth-order valence-corrected chi connectivity index (χ4v) is 4.81. The van der Waals surface area contributed by atoms with Gasteiger partial charge in [0.05, 0.1) is 20.6 Å². The van der Waals surface area contributed by atoms with Crippen LogP contribution >= 0.6 is 0 Å². The fourth-order valence-electron chi connectivity index (χ4n) is 4.81. The highest BCUT2D eigenvalue weighted by molar-refractivity contribution is 6.08. The number of methoxy groups -OCH3 is 2. The van der Waals surface area contributed by atoms with Crippen LogP contribution in [-0.4, -0.2) is 64.8 Å². The molecule has 9 heteroatoms. The Morgan fingerprint density at radius 1 is 0.953 bits per heavy atom. The number of rotatable bonds is 13. The normalized spacial score (nSPS) is 13.2. The van der Waals surface area contributed by atoms with Crippen molar-refractivity contribution in [2.24, 2.45) is 0 Å². The van der Waals surface area contributed by atoms with Crippen molar-refractivity contribution in [3.05, 3.63) is 94.3 Å². The van der Waals surface area contributed by atoms with Crippen LogP contribution < -0.4 is 19.5 Å². The zero-order chi connectivity index (χ0) is 30.9. The molecule has 0 fully saturated rings. The quantitative estimate of drug-likeness (QED) is 0.269. The van der Waals surface area contributed by atoms with Gasteiger partial charge in [-0.25, -0.2) is 9.18 Å². The van der Waals surface area contributed by atoms with Gasteiger partial charge >= 0.3 is 5.97 Å². The van der Waals surface area contributed by atoms with E-state index in [4.69, 9.17) is 18.9 Å². The smallest absolute Gasteiger partial charge is 0.344 e. The number of hydrogen-bond donors (Lipinski definition) is 1. The molecule has 226 valence electrons. The predicted molar refractivity (Wildman–Crippen MR) is 164 cm³/mol. The van der Waals surface area contributed by atoms with E-state index in [9.17, 15) is 14.0 Å². The van der Waals surface area contributed by atoms with Crippen molar-refractivity contribution in [2.45, 2.75) is 19.9 Å². The average Bonchev–Trinajstić information content (AvgIpc) is 3.24. The van der Waals surface area contributed by atoms with Gasteiger partial charge in [0.15, 0.2) is 18.1 Å². The minimum atomic E-state index is -0.506. The van der Waals surface area contributed by atoms with Gasteiger partial charge in [0.2, 0.25) is 11.7 Å². The van der Waals surface area contributed by atoms with E-state index in [0.717, 1.165) is 33.4 Å². The minimum absolute atomic E-state index is 0.108. The summed E-state index contributed by atoms with van der Waals surface area (Å²) in [5, 5.41) is 2.96. The predicted octanol–water partition coefficient (Wildman–Crippen LogP) is 5.36. The van der Waals surface area contributed by atoms with Crippen LogP contribution in [0.2, 0.25) is 0 Å². The molecule has 0 saturated carbocycles. The van der Waals surface area contributed by atoms with Crippen LogP contribution in [0, 0.1) is 5.82 Å². The third kappa shape index (κ3) is 8.02. The highest BCUT2D eigenvalue weighted by Crippen LogP contribution is 2.45. The van der Waals surface area contributed by atoms with Gasteiger partial charge in [-0.2, -0.15) is 0 Å². The molecule has 43 heavy (non-hydrogen) atoms. The third-order valence-electron chi connectivity index (χ3n) is 7.05. The fraction of sp³-hybridized carbons (Fsp3) is 0.294. The number of hydrogen-bond acceptors (Lipinski definition) is 7. The summed E-state index contributed by atoms with van der Waals surface area (Å²) >= 11 is 0. The van der Waals surface area contributed by atoms with Gasteiger partial charge in [0.25, 0.3) is 0 Å². The number of carbonyl (C=O) groups is 2. The maximum atomic E-state index is 14.4. The van der Waals surface area contributed by atoms with Crippen molar-refractivity contribution < 1.29 is 32.9 Å². The lowest BCUT2D eigenvalue weighted by molar-refractivity contribution is -0.146. The maximum absolute atomic E-state index is 14.4. The SMILES string of the molecule is COc1cc(C=C2C(C)=C(CC(=O)NCc3ccccc3)c3cc(F)ccc32)cc(OC)c1OCC(=O)OCCN(C)C. The van der Waals surface area contributed by atoms with Gasteiger partial charge in [-0.1, -0.05) is 36.4 Å². The molecular weight excluding hydrogens is 551 g/mol. The molecule has 8 nitrogen and oxygen atoms in total. The summed E-state index contributed by atoms with van der Waals surface area (Å²) in [6.07, 6.45) is 2.04. The Bertz CT molecular complexity index is 1510. The third-order valence-corrected chi connectivity index (χ3v) is 7.05. The summed E-state index contributed by atoms with van der Waals surface area (Å²) in [7, 11) is 6.78. The van der Waals surface area contributed by atoms with Crippen molar-refractivity contribution >= 4 is 29.1 Å². The van der Waals surface area contributed by atoms with Crippen LogP contribution in [0.15, 0.2) is 66.2 Å². The Balaban J connectivity index is 1.59. The Kier molecular flexibility index (Phi) is 10.6. The number of amides is 1. The lowest BCUT2D eigenvalue weighted by Gasteiger charge is -2.16. The Morgan fingerprint density at radius 2 is 1.65 bits per heavy atom. The Morgan fingerprint density at radius 3 is 2.30 bits per heavy atom. The van der Waals surface area contributed by atoms with Crippen LogP contribution in [0.25, 0.3) is 17.2 Å². The molecule has 3 aromatic rings. The monoisotopic (exact) mass is 588 g/mol. The average molecular weight is 589 g/mol. The van der Waals surface area contributed by atoms with E-state index in [-0.39, 0.29) is 37.1 Å². The lowest BCUT2D eigenvalue weighted by atomic mass is 10.00. The van der Waals surface area contributed by atoms with E-state index in [2.05, 4.69) is 5.32 Å². The van der Waals surface area contributed by atoms with Crippen molar-refractivity contribution in [1.82, 2.24) is 10.2 Å². The second-order valence-electron chi connectivity index (χ2n) is 10.4. The molecule has 1 aliphatic carbocycles. The van der Waals surface area contributed by atoms with Crippen molar-refractivity contribution in [1.29, 1.82) is 0 Å². The molecule has 1 amide bonds. The molecule has 0 spiro atoms. The largest absolute Gasteiger partial charge is 0.493 e. The number of nitrogens with zero attached hydrogens (tertiary/aromatic N) is 1. The van der Waals surface area contributed by atoms with Crippen LogP contribution in [0.1, 0.15) is 35.6 Å². The number of carbonyl (C=O) groups excluding carboxylic acids is 2. The van der Waals surface area contributed by atoms with Gasteiger partial charge in [-0.3, -0.25) is 4.79 Å². The highest BCUT2D eigenvalue weighted by atomic mass is 19.1. The molecule has 0 aromatic heterocycles. The van der Waals surface area contributed by atoms with E-state index in [1.165, 1.54) is 26.4 Å². The van der Waals surface area contributed by atoms with E-state index in [0.29, 0.717) is 30.2 Å². The second-order valence-corrected chi connectivity index (χ2v) is 10.4. The summed E-state index contributed by atoms with van der Waals surface area (Å²) in [6, 6.07) is 17.8. The molecule has 0 atom stereocenters. The zero-order valence-corrected chi connectivity index (χ0v) is 25.2. The van der Waals surface area contributed by atoms with Gasteiger partial charge in [0, 0.05) is 13.1 Å². The molecule has 3 aromatic carbocycles. The summed E-state index contributed by atoms with van der Waals surface area (Å²) < 4.78 is 36.5. The summed E-state index contributed by atoms with van der Waals surface area (Å²) in [6.45, 7) is 2.89. The molecular formula is C34H37FN2O6. The van der Waals surface area contributed by atoms with Gasteiger partial charge in [0.1, 0.15) is 12.4 Å². The van der Waals surface area contributed by atoms with E-state index < -0.39 is 5.97 Å². The van der Waals surface area contributed by atoms with E-state index in [1.54, 1.807) is 18.2 Å². The molecule has 4 rings (SSSR count). The number of fused-ring (bicyclic) bond motifs is 1. The van der Waals surface area contributed by atoms with Gasteiger partial charge < -0.3 is 29.2 Å². The maximum Gasteiger partial charge on any atom is 0.344 e. The number of esters is 1. The summed E-state index contributed by atoms with van der Waals surface area (Å²) in [4.78, 5) is 27.0. The lowest BCUT2D eigenvalue weighted by Crippen LogP contribution is -2.22. The minimum Gasteiger partial charge on any atom is -0.493 e. The molecule has 0 unspecified atom stereocenters. The van der Waals surface area contributed by atoms with Crippen LogP contribution in [0.5, 0.6) is 17.2 Å². The Hall–Kier alpha value is -4.63. The van der Waals surface area contributed by atoms with E-state index in [1.807, 2.05) is 62.3 Å². The number of halogens is 1. The van der Waals surface area contributed by atoms with Crippen molar-refractivity contribution in [3.63, 3.8) is 0 Å². The first-order valence-electron chi connectivity index (χ1n) is 13.9. The summed E-state index contributed by atoms with van der Waals surface area (Å²) in [5.41, 5.74) is 5.72. The molecule has 0 radical (unpaired) electrons. The molecule has 0 saturated heterocycles. The molecule has 0 bridgehead atoms. The van der Waals surface area contributed by atoms with Gasteiger partial charge in [-0.15, -0.1) is 0 Å². The number of nitrogens with one attached hydrogen (secondary N) is 1. The van der Waals surface area contributed by atoms with Crippen LogP contribution in [-0.2, 0) is 20.9 Å². The van der Waals surface area contributed by atoms with E-state index >= 15 is 0 Å². The van der Waals surface area contributed by atoms with Crippen LogP contribution in [0.3, 0.4) is 0 Å². The topological polar surface area (TPSA) is 86.3 Å². The standard InChI is InChI=1S/C34H37FN2O6/c1-22-27(15-24-16-30(40-4)34(31(17-24)41-5)43-21-33(39)42-14-13-37(2)3)26-12-11-25(35)18-29(26)28(22)19-32(38)36-20-23-9-7-6-8-10-23/h6-12,15-18H,13-14,19-21H2,1-5H3,(H,36,38). The number of likely N-dealkylation sites (N-methyl/N-ethyl adjacent to an activating group) is 1. The first-order valence-corrected chi connectivity index (χ1v) is 13.9. The van der Waals surface area contributed by atoms with Crippen molar-refractivity contribution in [3.8, 4) is 17.2 Å². The summed E-state index contributed by atoms with van der Waals surface area (Å²) in [5.74, 6) is -0.0277. The first-order chi connectivity index (χ1) is 20.7. The molecule has 1 aliphatic rings. The number of ether oxygens (including phenoxy) is 4. The Labute approximate surface area is 251 Å². The van der Waals surface area contributed by atoms with Crippen molar-refractivity contribution in [2.75, 3.05) is 48.1 Å². The molecule has 1 N–H and O–H groups in total. The number of benzene rings is 3. The number of allylic oxidation sites excluding steroid dienone is 2. The molecule has 0 heterocycles. The second kappa shape index (κ2) is 14.5.